The summed E-state index contributed by atoms with van der Waals surface area (Å²) < 4.78 is 65.0. The summed E-state index contributed by atoms with van der Waals surface area (Å²) in [5.41, 5.74) is 2.20. The lowest BCUT2D eigenvalue weighted by Gasteiger charge is -2.12. The molecule has 1 N–H and O–H groups in total. The molecule has 2 aromatic carbocycles. The van der Waals surface area contributed by atoms with Gasteiger partial charge in [0.25, 0.3) is 0 Å². The molecule has 5 nitrogen and oxygen atoms in total. The molecule has 0 saturated heterocycles. The van der Waals surface area contributed by atoms with Crippen molar-refractivity contribution in [2.75, 3.05) is 5.43 Å². The molecule has 0 fully saturated rings. The van der Waals surface area contributed by atoms with Gasteiger partial charge in [0.1, 0.15) is 0 Å². The number of nitrogens with zero attached hydrogens (tertiary/aromatic N) is 2. The highest BCUT2D eigenvalue weighted by Crippen LogP contribution is 2.32. The average molecular weight is 425 g/mol. The molecule has 3 aromatic rings. The van der Waals surface area contributed by atoms with Crippen LogP contribution in [0.4, 0.5) is 18.3 Å². The molecule has 28 heavy (non-hydrogen) atoms. The number of halogens is 3. The summed E-state index contributed by atoms with van der Waals surface area (Å²) in [5, 5.41) is 6.07. The molecule has 146 valence electrons. The van der Waals surface area contributed by atoms with E-state index in [9.17, 15) is 21.6 Å². The molecule has 3 rings (SSSR count). The minimum Gasteiger partial charge on any atom is -0.253 e. The summed E-state index contributed by atoms with van der Waals surface area (Å²) in [4.78, 5) is 3.82. The van der Waals surface area contributed by atoms with Gasteiger partial charge >= 0.3 is 6.18 Å². The lowest BCUT2D eigenvalue weighted by Crippen LogP contribution is -2.10. The number of rotatable bonds is 5. The molecule has 0 amide bonds. The van der Waals surface area contributed by atoms with Gasteiger partial charge in [-0.1, -0.05) is 18.2 Å². The largest absolute Gasteiger partial charge is 0.416 e. The SMILES string of the molecule is Cc1csc(NN=Cc2cc(C(F)(F)F)ccc2S(=O)(=O)c2ccccc2)n1. The third-order valence-electron chi connectivity index (χ3n) is 3.66. The summed E-state index contributed by atoms with van der Waals surface area (Å²) in [5.74, 6) is 0. The Labute approximate surface area is 163 Å². The van der Waals surface area contributed by atoms with E-state index < -0.39 is 21.6 Å². The predicted octanol–water partition coefficient (Wildman–Crippen LogP) is 4.75. The highest BCUT2D eigenvalue weighted by Gasteiger charge is 2.32. The van der Waals surface area contributed by atoms with Crippen molar-refractivity contribution in [3.63, 3.8) is 0 Å². The van der Waals surface area contributed by atoms with Crippen molar-refractivity contribution in [2.24, 2.45) is 5.10 Å². The summed E-state index contributed by atoms with van der Waals surface area (Å²) in [7, 11) is -4.02. The van der Waals surface area contributed by atoms with Crippen LogP contribution in [0.5, 0.6) is 0 Å². The molecule has 0 spiro atoms. The maximum absolute atomic E-state index is 13.1. The Morgan fingerprint density at radius 1 is 1.14 bits per heavy atom. The lowest BCUT2D eigenvalue weighted by atomic mass is 10.1. The number of aromatic nitrogens is 1. The van der Waals surface area contributed by atoms with Crippen LogP contribution in [-0.4, -0.2) is 19.6 Å². The first-order chi connectivity index (χ1) is 13.2. The van der Waals surface area contributed by atoms with Crippen molar-refractivity contribution in [3.05, 3.63) is 70.7 Å². The average Bonchev–Trinajstić information content (AvgIpc) is 3.06. The van der Waals surface area contributed by atoms with E-state index in [2.05, 4.69) is 15.5 Å². The number of anilines is 1. The normalized spacial score (nSPS) is 12.4. The standard InChI is InChI=1S/C18H14F3N3O2S2/c1-12-11-27-17(23-12)24-22-10-13-9-14(18(19,20)21)7-8-16(13)28(25,26)15-5-3-2-4-6-15/h2-11H,1H3,(H,23,24). The van der Waals surface area contributed by atoms with Crippen molar-refractivity contribution < 1.29 is 21.6 Å². The van der Waals surface area contributed by atoms with Crippen molar-refractivity contribution in [1.82, 2.24) is 4.98 Å². The quantitative estimate of drug-likeness (QED) is 0.473. The van der Waals surface area contributed by atoms with Crippen LogP contribution in [0.15, 0.2) is 68.8 Å². The van der Waals surface area contributed by atoms with Gasteiger partial charge in [0.2, 0.25) is 15.0 Å². The van der Waals surface area contributed by atoms with Gasteiger partial charge in [0.05, 0.1) is 27.3 Å². The maximum Gasteiger partial charge on any atom is 0.416 e. The molecular weight excluding hydrogens is 411 g/mol. The van der Waals surface area contributed by atoms with Crippen LogP contribution in [0.2, 0.25) is 0 Å². The van der Waals surface area contributed by atoms with Crippen LogP contribution in [0.3, 0.4) is 0 Å². The summed E-state index contributed by atoms with van der Waals surface area (Å²) in [6.45, 7) is 1.78. The van der Waals surface area contributed by atoms with Gasteiger partial charge in [0.15, 0.2) is 0 Å². The van der Waals surface area contributed by atoms with E-state index in [1.165, 1.54) is 35.6 Å². The Bertz CT molecular complexity index is 1110. The predicted molar refractivity (Wildman–Crippen MR) is 101 cm³/mol. The summed E-state index contributed by atoms with van der Waals surface area (Å²) >= 11 is 1.26. The molecular formula is C18H14F3N3O2S2. The molecule has 0 aliphatic heterocycles. The van der Waals surface area contributed by atoms with Gasteiger partial charge in [-0.3, -0.25) is 5.43 Å². The van der Waals surface area contributed by atoms with Crippen LogP contribution in [0.1, 0.15) is 16.8 Å². The van der Waals surface area contributed by atoms with Crippen molar-refractivity contribution >= 4 is 32.5 Å². The van der Waals surface area contributed by atoms with Crippen LogP contribution in [0.25, 0.3) is 0 Å². The fraction of sp³-hybridized carbons (Fsp3) is 0.111. The maximum atomic E-state index is 13.1. The fourth-order valence-electron chi connectivity index (χ4n) is 2.36. The van der Waals surface area contributed by atoms with E-state index >= 15 is 0 Å². The minimum atomic E-state index is -4.61. The molecule has 0 bridgehead atoms. The van der Waals surface area contributed by atoms with Crippen molar-refractivity contribution in [3.8, 4) is 0 Å². The molecule has 0 unspecified atom stereocenters. The number of hydrogen-bond donors (Lipinski definition) is 1. The Morgan fingerprint density at radius 2 is 1.86 bits per heavy atom. The number of benzene rings is 2. The fourth-order valence-corrected chi connectivity index (χ4v) is 4.43. The van der Waals surface area contributed by atoms with Gasteiger partial charge in [-0.05, 0) is 37.3 Å². The number of nitrogens with one attached hydrogen (secondary N) is 1. The monoisotopic (exact) mass is 425 g/mol. The molecule has 0 atom stereocenters. The molecule has 0 saturated carbocycles. The Kier molecular flexibility index (Phi) is 5.52. The molecule has 1 aromatic heterocycles. The summed E-state index contributed by atoms with van der Waals surface area (Å²) in [6, 6.07) is 9.93. The molecule has 1 heterocycles. The van der Waals surface area contributed by atoms with E-state index in [4.69, 9.17) is 0 Å². The highest BCUT2D eigenvalue weighted by molar-refractivity contribution is 7.91. The number of hydrazone groups is 1. The van der Waals surface area contributed by atoms with Crippen LogP contribution < -0.4 is 5.43 Å². The van der Waals surface area contributed by atoms with Crippen LogP contribution in [0, 0.1) is 6.92 Å². The van der Waals surface area contributed by atoms with Gasteiger partial charge in [-0.15, -0.1) is 11.3 Å². The Balaban J connectivity index is 2.04. The second kappa shape index (κ2) is 7.72. The first-order valence-electron chi connectivity index (χ1n) is 7.90. The zero-order valence-corrected chi connectivity index (χ0v) is 16.1. The minimum absolute atomic E-state index is 0.0204. The number of hydrogen-bond acceptors (Lipinski definition) is 6. The Morgan fingerprint density at radius 3 is 2.46 bits per heavy atom. The number of thiazole rings is 1. The third-order valence-corrected chi connectivity index (χ3v) is 6.37. The lowest BCUT2D eigenvalue weighted by molar-refractivity contribution is -0.137. The van der Waals surface area contributed by atoms with E-state index in [0.29, 0.717) is 5.13 Å². The summed E-state index contributed by atoms with van der Waals surface area (Å²) in [6.07, 6.45) is -3.57. The molecule has 0 aliphatic rings. The van der Waals surface area contributed by atoms with Gasteiger partial charge in [-0.25, -0.2) is 13.4 Å². The second-order valence-electron chi connectivity index (χ2n) is 5.73. The molecule has 10 heteroatoms. The third kappa shape index (κ3) is 4.39. The van der Waals surface area contributed by atoms with Crippen LogP contribution in [-0.2, 0) is 16.0 Å². The topological polar surface area (TPSA) is 71.4 Å². The zero-order chi connectivity index (χ0) is 20.4. The van der Waals surface area contributed by atoms with E-state index in [0.717, 1.165) is 30.1 Å². The number of aryl methyl sites for hydroxylation is 1. The van der Waals surface area contributed by atoms with Crippen molar-refractivity contribution in [2.45, 2.75) is 22.9 Å². The first kappa shape index (κ1) is 20.0. The number of alkyl halides is 3. The van der Waals surface area contributed by atoms with Gasteiger partial charge < -0.3 is 0 Å². The first-order valence-corrected chi connectivity index (χ1v) is 10.3. The van der Waals surface area contributed by atoms with Gasteiger partial charge in [-0.2, -0.15) is 18.3 Å². The van der Waals surface area contributed by atoms with E-state index in [1.54, 1.807) is 18.4 Å². The zero-order valence-electron chi connectivity index (χ0n) is 14.4. The van der Waals surface area contributed by atoms with Crippen molar-refractivity contribution in [1.29, 1.82) is 0 Å². The van der Waals surface area contributed by atoms with Crippen LogP contribution >= 0.6 is 11.3 Å². The van der Waals surface area contributed by atoms with E-state index in [-0.39, 0.29) is 15.4 Å². The molecule has 0 radical (unpaired) electrons. The van der Waals surface area contributed by atoms with Gasteiger partial charge in [0, 0.05) is 10.9 Å². The van der Waals surface area contributed by atoms with E-state index in [1.807, 2.05) is 0 Å². The second-order valence-corrected chi connectivity index (χ2v) is 8.51. The number of sulfone groups is 1. The Hall–Kier alpha value is -2.72. The molecule has 0 aliphatic carbocycles. The smallest absolute Gasteiger partial charge is 0.253 e. The highest BCUT2D eigenvalue weighted by atomic mass is 32.2.